The first-order valence-electron chi connectivity index (χ1n) is 5.37. The number of nitrogens with two attached hydrogens (primary N) is 1. The fourth-order valence-corrected chi connectivity index (χ4v) is 3.01. The van der Waals surface area contributed by atoms with Gasteiger partial charge < -0.3 is 5.73 Å². The van der Waals surface area contributed by atoms with Crippen LogP contribution in [0, 0.1) is 0 Å². The number of unbranched alkanes of at least 4 members (excludes halogenated alkanes) is 1. The second-order valence-electron chi connectivity index (χ2n) is 3.64. The van der Waals surface area contributed by atoms with E-state index in [9.17, 15) is 8.42 Å². The van der Waals surface area contributed by atoms with Crippen molar-refractivity contribution in [1.82, 2.24) is 9.71 Å². The Hall–Kier alpha value is -0.500. The van der Waals surface area contributed by atoms with Gasteiger partial charge in [-0.3, -0.25) is 0 Å². The van der Waals surface area contributed by atoms with Crippen molar-refractivity contribution < 1.29 is 8.42 Å². The number of sulfonamides is 1. The van der Waals surface area contributed by atoms with E-state index in [1.165, 1.54) is 12.3 Å². The van der Waals surface area contributed by atoms with Gasteiger partial charge >= 0.3 is 0 Å². The molecule has 0 aromatic carbocycles. The minimum Gasteiger partial charge on any atom is -0.382 e. The van der Waals surface area contributed by atoms with E-state index in [0.717, 1.165) is 18.6 Å². The lowest BCUT2D eigenvalue weighted by molar-refractivity contribution is 0.578. The Labute approximate surface area is 117 Å². The summed E-state index contributed by atoms with van der Waals surface area (Å²) in [6, 6.07) is 1.30. The maximum absolute atomic E-state index is 11.9. The summed E-state index contributed by atoms with van der Waals surface area (Å²) in [5.74, 6) is 1.15. The Morgan fingerprint density at radius 2 is 2.22 bits per heavy atom. The van der Waals surface area contributed by atoms with Crippen molar-refractivity contribution in [3.63, 3.8) is 0 Å². The van der Waals surface area contributed by atoms with E-state index in [0.29, 0.717) is 6.54 Å². The fourth-order valence-electron chi connectivity index (χ4n) is 1.24. The van der Waals surface area contributed by atoms with E-state index in [4.69, 9.17) is 17.3 Å². The predicted molar refractivity (Wildman–Crippen MR) is 76.5 cm³/mol. The lowest BCUT2D eigenvalue weighted by atomic mass is 10.3. The van der Waals surface area contributed by atoms with Gasteiger partial charge in [0.2, 0.25) is 10.0 Å². The molecule has 1 heterocycles. The maximum atomic E-state index is 11.9. The number of pyridine rings is 1. The molecule has 0 radical (unpaired) electrons. The number of hydrogen-bond donors (Lipinski definition) is 2. The molecule has 0 saturated carbocycles. The van der Waals surface area contributed by atoms with Gasteiger partial charge in [0.05, 0.1) is 5.02 Å². The SMILES string of the molecule is CSCCCCNS(=O)(=O)c1cnc(N)c(Cl)c1. The molecule has 1 rings (SSSR count). The number of anilines is 1. The zero-order valence-electron chi connectivity index (χ0n) is 10.0. The van der Waals surface area contributed by atoms with E-state index in [2.05, 4.69) is 9.71 Å². The van der Waals surface area contributed by atoms with Crippen LogP contribution in [-0.4, -0.2) is 32.0 Å². The largest absolute Gasteiger partial charge is 0.382 e. The molecule has 18 heavy (non-hydrogen) atoms. The van der Waals surface area contributed by atoms with Gasteiger partial charge in [0, 0.05) is 12.7 Å². The van der Waals surface area contributed by atoms with Crippen molar-refractivity contribution >= 4 is 39.2 Å². The minimum atomic E-state index is -3.55. The Morgan fingerprint density at radius 1 is 1.50 bits per heavy atom. The number of nitrogens with zero attached hydrogens (tertiary/aromatic N) is 1. The molecule has 1 aromatic rings. The highest BCUT2D eigenvalue weighted by Crippen LogP contribution is 2.19. The van der Waals surface area contributed by atoms with Crippen LogP contribution in [0.15, 0.2) is 17.2 Å². The number of thioether (sulfide) groups is 1. The number of nitrogens with one attached hydrogen (secondary N) is 1. The van der Waals surface area contributed by atoms with Crippen molar-refractivity contribution in [3.05, 3.63) is 17.3 Å². The van der Waals surface area contributed by atoms with E-state index < -0.39 is 10.0 Å². The fraction of sp³-hybridized carbons (Fsp3) is 0.500. The number of hydrogen-bond acceptors (Lipinski definition) is 5. The topological polar surface area (TPSA) is 85.1 Å². The lowest BCUT2D eigenvalue weighted by Crippen LogP contribution is -2.25. The van der Waals surface area contributed by atoms with Gasteiger partial charge in [-0.25, -0.2) is 18.1 Å². The van der Waals surface area contributed by atoms with Crippen molar-refractivity contribution in [3.8, 4) is 0 Å². The number of halogens is 1. The molecule has 0 unspecified atom stereocenters. The standard InChI is InChI=1S/C10H16ClN3O2S2/c1-17-5-3-2-4-14-18(15,16)8-6-9(11)10(12)13-7-8/h6-7,14H,2-5H2,1H3,(H2,12,13). The maximum Gasteiger partial charge on any atom is 0.242 e. The summed E-state index contributed by atoms with van der Waals surface area (Å²) in [6.07, 6.45) is 5.00. The first-order valence-corrected chi connectivity index (χ1v) is 8.62. The van der Waals surface area contributed by atoms with Crippen molar-refractivity contribution in [2.75, 3.05) is 24.3 Å². The summed E-state index contributed by atoms with van der Waals surface area (Å²) < 4.78 is 26.2. The first kappa shape index (κ1) is 15.6. The molecule has 3 N–H and O–H groups in total. The highest BCUT2D eigenvalue weighted by atomic mass is 35.5. The molecular formula is C10H16ClN3O2S2. The van der Waals surface area contributed by atoms with Crippen LogP contribution >= 0.6 is 23.4 Å². The van der Waals surface area contributed by atoms with Gasteiger partial charge in [-0.2, -0.15) is 11.8 Å². The highest BCUT2D eigenvalue weighted by molar-refractivity contribution is 7.98. The van der Waals surface area contributed by atoms with E-state index in [-0.39, 0.29) is 15.7 Å². The Balaban J connectivity index is 2.60. The van der Waals surface area contributed by atoms with Crippen LogP contribution in [0.1, 0.15) is 12.8 Å². The van der Waals surface area contributed by atoms with E-state index in [1.807, 2.05) is 6.26 Å². The number of rotatable bonds is 7. The quantitative estimate of drug-likeness (QED) is 0.749. The van der Waals surface area contributed by atoms with Gasteiger partial charge in [0.1, 0.15) is 10.7 Å². The molecule has 8 heteroatoms. The van der Waals surface area contributed by atoms with Crippen molar-refractivity contribution in [2.45, 2.75) is 17.7 Å². The normalized spacial score (nSPS) is 11.7. The second-order valence-corrected chi connectivity index (χ2v) is 6.80. The number of aromatic nitrogens is 1. The molecule has 0 bridgehead atoms. The molecule has 0 atom stereocenters. The van der Waals surface area contributed by atoms with Gasteiger partial charge in [-0.15, -0.1) is 0 Å². The number of nitrogen functional groups attached to an aromatic ring is 1. The van der Waals surface area contributed by atoms with Gasteiger partial charge in [0.25, 0.3) is 0 Å². The Bertz CT molecular complexity index is 494. The highest BCUT2D eigenvalue weighted by Gasteiger charge is 2.15. The molecular weight excluding hydrogens is 294 g/mol. The average Bonchev–Trinajstić information content (AvgIpc) is 2.32. The average molecular weight is 310 g/mol. The Morgan fingerprint density at radius 3 is 2.83 bits per heavy atom. The summed E-state index contributed by atoms with van der Waals surface area (Å²) >= 11 is 7.48. The molecule has 102 valence electrons. The third-order valence-electron chi connectivity index (χ3n) is 2.22. The first-order chi connectivity index (χ1) is 8.47. The molecule has 0 saturated heterocycles. The van der Waals surface area contributed by atoms with Gasteiger partial charge in [0.15, 0.2) is 0 Å². The lowest BCUT2D eigenvalue weighted by Gasteiger charge is -2.07. The molecule has 1 aromatic heterocycles. The van der Waals surface area contributed by atoms with Crippen molar-refractivity contribution in [1.29, 1.82) is 0 Å². The molecule has 0 aliphatic rings. The summed E-state index contributed by atoms with van der Waals surface area (Å²) in [6.45, 7) is 0.408. The van der Waals surface area contributed by atoms with Crippen LogP contribution in [-0.2, 0) is 10.0 Å². The minimum absolute atomic E-state index is 0.0339. The zero-order chi connectivity index (χ0) is 13.6. The second kappa shape index (κ2) is 7.18. The summed E-state index contributed by atoms with van der Waals surface area (Å²) in [5.41, 5.74) is 5.43. The molecule has 0 aliphatic heterocycles. The third-order valence-corrected chi connectivity index (χ3v) is 4.65. The monoisotopic (exact) mass is 309 g/mol. The van der Waals surface area contributed by atoms with Crippen LogP contribution < -0.4 is 10.5 Å². The van der Waals surface area contributed by atoms with Crippen molar-refractivity contribution in [2.24, 2.45) is 0 Å². The van der Waals surface area contributed by atoms with E-state index >= 15 is 0 Å². The predicted octanol–water partition coefficient (Wildman–Crippen LogP) is 1.74. The van der Waals surface area contributed by atoms with Crippen LogP contribution in [0.25, 0.3) is 0 Å². The van der Waals surface area contributed by atoms with Crippen LogP contribution in [0.4, 0.5) is 5.82 Å². The van der Waals surface area contributed by atoms with E-state index in [1.54, 1.807) is 11.8 Å². The van der Waals surface area contributed by atoms with Crippen LogP contribution in [0.3, 0.4) is 0 Å². The summed E-state index contributed by atoms with van der Waals surface area (Å²) in [7, 11) is -3.55. The Kier molecular flexibility index (Phi) is 6.20. The summed E-state index contributed by atoms with van der Waals surface area (Å²) in [5, 5.41) is 0.139. The molecule has 0 amide bonds. The smallest absolute Gasteiger partial charge is 0.242 e. The molecule has 0 spiro atoms. The van der Waals surface area contributed by atoms with Gasteiger partial charge in [-0.1, -0.05) is 11.6 Å². The zero-order valence-corrected chi connectivity index (χ0v) is 12.4. The molecule has 0 fully saturated rings. The molecule has 5 nitrogen and oxygen atoms in total. The van der Waals surface area contributed by atoms with Gasteiger partial charge in [-0.05, 0) is 30.9 Å². The summed E-state index contributed by atoms with van der Waals surface area (Å²) in [4.78, 5) is 3.76. The molecule has 0 aliphatic carbocycles. The van der Waals surface area contributed by atoms with Crippen LogP contribution in [0.2, 0.25) is 5.02 Å². The third kappa shape index (κ3) is 4.64. The van der Waals surface area contributed by atoms with Crippen LogP contribution in [0.5, 0.6) is 0 Å².